The fraction of sp³-hybridized carbons (Fsp3) is 0.765. The van der Waals surface area contributed by atoms with Crippen molar-refractivity contribution in [3.63, 3.8) is 0 Å². The molecule has 3 rings (SSSR count). The highest BCUT2D eigenvalue weighted by Gasteiger charge is 2.34. The van der Waals surface area contributed by atoms with Gasteiger partial charge in [-0.2, -0.15) is 0 Å². The number of likely N-dealkylation sites (tertiary alicyclic amines) is 1. The molecule has 1 unspecified atom stereocenters. The smallest absolute Gasteiger partial charge is 0.216 e. The first-order valence-corrected chi connectivity index (χ1v) is 8.84. The van der Waals surface area contributed by atoms with E-state index in [1.54, 1.807) is 0 Å². The van der Waals surface area contributed by atoms with E-state index in [-0.39, 0.29) is 0 Å². The van der Waals surface area contributed by atoms with E-state index in [0.717, 1.165) is 42.5 Å². The molecule has 2 N–H and O–H groups in total. The van der Waals surface area contributed by atoms with E-state index in [9.17, 15) is 0 Å². The average molecular weight is 319 g/mol. The van der Waals surface area contributed by atoms with Crippen LogP contribution in [0.2, 0.25) is 0 Å². The van der Waals surface area contributed by atoms with Crippen LogP contribution in [-0.2, 0) is 6.54 Å². The predicted molar refractivity (Wildman–Crippen MR) is 91.5 cm³/mol. The fourth-order valence-corrected chi connectivity index (χ4v) is 3.14. The lowest BCUT2D eigenvalue weighted by atomic mass is 10.1. The van der Waals surface area contributed by atoms with Gasteiger partial charge in [0, 0.05) is 25.7 Å². The molecule has 1 aromatic rings. The molecular formula is C17H29N5O. The maximum absolute atomic E-state index is 5.59. The Hall–Kier alpha value is -1.56. The van der Waals surface area contributed by atoms with Gasteiger partial charge in [0.05, 0.1) is 5.69 Å². The Morgan fingerprint density at radius 2 is 2.13 bits per heavy atom. The van der Waals surface area contributed by atoms with E-state index in [2.05, 4.69) is 32.4 Å². The molecular weight excluding hydrogens is 290 g/mol. The molecule has 23 heavy (non-hydrogen) atoms. The molecule has 128 valence electrons. The van der Waals surface area contributed by atoms with E-state index in [4.69, 9.17) is 4.42 Å². The molecule has 0 amide bonds. The summed E-state index contributed by atoms with van der Waals surface area (Å²) < 4.78 is 5.59. The van der Waals surface area contributed by atoms with Crippen molar-refractivity contribution in [2.75, 3.05) is 26.2 Å². The number of nitrogens with zero attached hydrogens (tertiary/aromatic N) is 3. The number of guanidine groups is 1. The molecule has 1 aliphatic carbocycles. The number of rotatable bonds is 6. The maximum Gasteiger partial charge on any atom is 0.216 e. The second kappa shape index (κ2) is 7.34. The van der Waals surface area contributed by atoms with Gasteiger partial charge in [0.15, 0.2) is 5.96 Å². The van der Waals surface area contributed by atoms with Crippen molar-refractivity contribution in [1.82, 2.24) is 20.5 Å². The summed E-state index contributed by atoms with van der Waals surface area (Å²) in [5, 5.41) is 6.78. The van der Waals surface area contributed by atoms with Crippen LogP contribution in [0.3, 0.4) is 0 Å². The largest absolute Gasteiger partial charge is 0.444 e. The van der Waals surface area contributed by atoms with Crippen LogP contribution in [0.25, 0.3) is 0 Å². The van der Waals surface area contributed by atoms with E-state index in [0.29, 0.717) is 12.4 Å². The minimum Gasteiger partial charge on any atom is -0.444 e. The lowest BCUT2D eigenvalue weighted by molar-refractivity contribution is 0.314. The first-order chi connectivity index (χ1) is 11.2. The van der Waals surface area contributed by atoms with Gasteiger partial charge >= 0.3 is 0 Å². The topological polar surface area (TPSA) is 65.7 Å². The van der Waals surface area contributed by atoms with E-state index < -0.39 is 0 Å². The fourth-order valence-electron chi connectivity index (χ4n) is 3.14. The number of hydrogen-bond donors (Lipinski definition) is 2. The summed E-state index contributed by atoms with van der Waals surface area (Å²) in [6, 6.07) is 0.887. The number of nitrogens with one attached hydrogen (secondary N) is 2. The summed E-state index contributed by atoms with van der Waals surface area (Å²) in [7, 11) is 0. The Labute approximate surface area is 138 Å². The van der Waals surface area contributed by atoms with E-state index in [1.807, 2.05) is 13.8 Å². The zero-order chi connectivity index (χ0) is 16.2. The molecule has 2 aliphatic rings. The summed E-state index contributed by atoms with van der Waals surface area (Å²) in [6.45, 7) is 10.8. The van der Waals surface area contributed by atoms with Crippen molar-refractivity contribution >= 4 is 5.96 Å². The molecule has 0 bridgehead atoms. The highest BCUT2D eigenvalue weighted by Crippen LogP contribution is 2.31. The Bertz CT molecular complexity index is 530. The highest BCUT2D eigenvalue weighted by molar-refractivity contribution is 5.79. The van der Waals surface area contributed by atoms with Gasteiger partial charge in [0.25, 0.3) is 0 Å². The van der Waals surface area contributed by atoms with Crippen molar-refractivity contribution in [3.8, 4) is 0 Å². The van der Waals surface area contributed by atoms with Crippen LogP contribution in [0.15, 0.2) is 9.41 Å². The third-order valence-electron chi connectivity index (χ3n) is 4.73. The molecule has 0 aromatic carbocycles. The summed E-state index contributed by atoms with van der Waals surface area (Å²) in [6.07, 6.45) is 4.10. The van der Waals surface area contributed by atoms with Gasteiger partial charge in [-0.15, -0.1) is 0 Å². The average Bonchev–Trinajstić information content (AvgIpc) is 3.19. The lowest BCUT2D eigenvalue weighted by Crippen LogP contribution is -2.40. The van der Waals surface area contributed by atoms with Crippen molar-refractivity contribution in [2.24, 2.45) is 10.9 Å². The standard InChI is InChI=1S/C17H29N5O/c1-4-18-17(20-10-16-21-12(2)13(3)23-16)19-9-14-7-8-22(11-14)15-5-6-15/h14-15H,4-11H2,1-3H3,(H2,18,19,20). The molecule has 1 aliphatic heterocycles. The predicted octanol–water partition coefficient (Wildman–Crippen LogP) is 1.83. The van der Waals surface area contributed by atoms with Crippen LogP contribution in [0.1, 0.15) is 43.5 Å². The molecule has 2 heterocycles. The second-order valence-electron chi connectivity index (χ2n) is 6.71. The van der Waals surface area contributed by atoms with Gasteiger partial charge in [-0.25, -0.2) is 9.98 Å². The Balaban J connectivity index is 1.48. The Morgan fingerprint density at radius 1 is 1.30 bits per heavy atom. The SMILES string of the molecule is CCNC(=NCc1nc(C)c(C)o1)NCC1CCN(C2CC2)C1. The second-order valence-corrected chi connectivity index (χ2v) is 6.71. The quantitative estimate of drug-likeness (QED) is 0.618. The van der Waals surface area contributed by atoms with Crippen LogP contribution >= 0.6 is 0 Å². The molecule has 2 fully saturated rings. The normalized spacial score (nSPS) is 22.6. The molecule has 6 nitrogen and oxygen atoms in total. The molecule has 1 aromatic heterocycles. The lowest BCUT2D eigenvalue weighted by Gasteiger charge is -2.16. The van der Waals surface area contributed by atoms with E-state index in [1.165, 1.54) is 32.4 Å². The van der Waals surface area contributed by atoms with Crippen LogP contribution in [0.5, 0.6) is 0 Å². The summed E-state index contributed by atoms with van der Waals surface area (Å²) >= 11 is 0. The molecule has 1 saturated carbocycles. The monoisotopic (exact) mass is 319 g/mol. The number of aliphatic imine (C=N–C) groups is 1. The Kier molecular flexibility index (Phi) is 5.20. The third-order valence-corrected chi connectivity index (χ3v) is 4.73. The van der Waals surface area contributed by atoms with Crippen LogP contribution in [0, 0.1) is 19.8 Å². The first-order valence-electron chi connectivity index (χ1n) is 8.84. The minimum atomic E-state index is 0.475. The van der Waals surface area contributed by atoms with Crippen molar-refractivity contribution in [1.29, 1.82) is 0 Å². The zero-order valence-electron chi connectivity index (χ0n) is 14.6. The number of aryl methyl sites for hydroxylation is 2. The van der Waals surface area contributed by atoms with Crippen LogP contribution in [-0.4, -0.2) is 48.1 Å². The summed E-state index contributed by atoms with van der Waals surface area (Å²) in [5.41, 5.74) is 0.944. The number of oxazole rings is 1. The molecule has 0 spiro atoms. The van der Waals surface area contributed by atoms with Gasteiger partial charge in [-0.1, -0.05) is 0 Å². The molecule has 6 heteroatoms. The molecule has 0 radical (unpaired) electrons. The third kappa shape index (κ3) is 4.47. The Morgan fingerprint density at radius 3 is 2.78 bits per heavy atom. The molecule has 1 saturated heterocycles. The first kappa shape index (κ1) is 16.3. The van der Waals surface area contributed by atoms with E-state index >= 15 is 0 Å². The van der Waals surface area contributed by atoms with Gasteiger partial charge in [0.1, 0.15) is 12.3 Å². The van der Waals surface area contributed by atoms with Gasteiger partial charge in [-0.05, 0) is 52.5 Å². The highest BCUT2D eigenvalue weighted by atomic mass is 16.4. The van der Waals surface area contributed by atoms with Crippen LogP contribution < -0.4 is 10.6 Å². The minimum absolute atomic E-state index is 0.475. The van der Waals surface area contributed by atoms with Crippen molar-refractivity contribution in [2.45, 2.75) is 52.6 Å². The van der Waals surface area contributed by atoms with Crippen LogP contribution in [0.4, 0.5) is 0 Å². The molecule has 1 atom stereocenters. The van der Waals surface area contributed by atoms with Crippen molar-refractivity contribution < 1.29 is 4.42 Å². The maximum atomic E-state index is 5.59. The van der Waals surface area contributed by atoms with Gasteiger partial charge in [-0.3, -0.25) is 0 Å². The van der Waals surface area contributed by atoms with Crippen molar-refractivity contribution in [3.05, 3.63) is 17.3 Å². The number of aromatic nitrogens is 1. The zero-order valence-corrected chi connectivity index (χ0v) is 14.6. The van der Waals surface area contributed by atoms with Gasteiger partial charge < -0.3 is 20.0 Å². The van der Waals surface area contributed by atoms with Gasteiger partial charge in [0.2, 0.25) is 5.89 Å². The summed E-state index contributed by atoms with van der Waals surface area (Å²) in [4.78, 5) is 11.6. The number of hydrogen-bond acceptors (Lipinski definition) is 4. The summed E-state index contributed by atoms with van der Waals surface area (Å²) in [5.74, 6) is 3.13.